The van der Waals surface area contributed by atoms with Gasteiger partial charge in [0.2, 0.25) is 5.95 Å². The summed E-state index contributed by atoms with van der Waals surface area (Å²) in [4.78, 5) is 9.07. The molecule has 0 atom stereocenters. The molecule has 4 heteroatoms. The van der Waals surface area contributed by atoms with E-state index in [1.807, 2.05) is 6.20 Å². The summed E-state index contributed by atoms with van der Waals surface area (Å²) in [6.07, 6.45) is 10.4. The van der Waals surface area contributed by atoms with Crippen LogP contribution in [-0.2, 0) is 0 Å². The van der Waals surface area contributed by atoms with Crippen LogP contribution in [0, 0.1) is 24.7 Å². The standard InChI is InChI=1S/C17H26N4/c1-3-18-16-19-10-11(2)15(20-16)21-17-7-12-4-13(8-17)6-14(5-12)9-17/h10,12-14H,3-9H2,1-2H3,(H2,18,19,20,21). The summed E-state index contributed by atoms with van der Waals surface area (Å²) in [6.45, 7) is 5.05. The van der Waals surface area contributed by atoms with Gasteiger partial charge in [-0.25, -0.2) is 4.98 Å². The van der Waals surface area contributed by atoms with Gasteiger partial charge >= 0.3 is 0 Å². The fourth-order valence-electron chi connectivity index (χ4n) is 5.33. The minimum atomic E-state index is 0.317. The Morgan fingerprint density at radius 2 is 1.76 bits per heavy atom. The number of nitrogens with one attached hydrogen (secondary N) is 2. The van der Waals surface area contributed by atoms with Crippen LogP contribution in [0.4, 0.5) is 11.8 Å². The van der Waals surface area contributed by atoms with E-state index in [0.29, 0.717) is 5.54 Å². The predicted molar refractivity (Wildman–Crippen MR) is 85.5 cm³/mol. The van der Waals surface area contributed by atoms with E-state index in [4.69, 9.17) is 4.98 Å². The molecule has 4 aliphatic carbocycles. The molecule has 4 fully saturated rings. The molecule has 1 aromatic rings. The first kappa shape index (κ1) is 13.4. The molecule has 4 aliphatic rings. The van der Waals surface area contributed by atoms with Crippen LogP contribution in [0.25, 0.3) is 0 Å². The lowest BCUT2D eigenvalue weighted by Gasteiger charge is -2.57. The van der Waals surface area contributed by atoms with Crippen molar-refractivity contribution in [1.29, 1.82) is 0 Å². The molecular weight excluding hydrogens is 260 g/mol. The largest absolute Gasteiger partial charge is 0.364 e. The van der Waals surface area contributed by atoms with Crippen LogP contribution in [0.15, 0.2) is 6.20 Å². The third-order valence-corrected chi connectivity index (χ3v) is 5.73. The van der Waals surface area contributed by atoms with Crippen molar-refractivity contribution in [2.45, 2.75) is 57.9 Å². The van der Waals surface area contributed by atoms with Gasteiger partial charge in [0.05, 0.1) is 0 Å². The Balaban J connectivity index is 1.59. The van der Waals surface area contributed by atoms with E-state index in [1.54, 1.807) is 0 Å². The van der Waals surface area contributed by atoms with Gasteiger partial charge in [-0.1, -0.05) is 0 Å². The highest BCUT2D eigenvalue weighted by Crippen LogP contribution is 2.56. The topological polar surface area (TPSA) is 49.8 Å². The molecule has 4 saturated carbocycles. The third kappa shape index (κ3) is 2.39. The Kier molecular flexibility index (Phi) is 3.09. The van der Waals surface area contributed by atoms with Crippen molar-refractivity contribution >= 4 is 11.8 Å². The summed E-state index contributed by atoms with van der Waals surface area (Å²) in [7, 11) is 0. The minimum absolute atomic E-state index is 0.317. The Bertz CT molecular complexity index is 504. The molecule has 1 aromatic heterocycles. The first-order valence-electron chi connectivity index (χ1n) is 8.51. The van der Waals surface area contributed by atoms with Gasteiger partial charge < -0.3 is 10.6 Å². The second-order valence-corrected chi connectivity index (χ2v) is 7.58. The fourth-order valence-corrected chi connectivity index (χ4v) is 5.33. The van der Waals surface area contributed by atoms with Gasteiger partial charge in [-0.3, -0.25) is 0 Å². The number of aryl methyl sites for hydroxylation is 1. The van der Waals surface area contributed by atoms with Gasteiger partial charge in [-0.05, 0) is 70.1 Å². The number of aromatic nitrogens is 2. The SMILES string of the molecule is CCNc1ncc(C)c(NC23CC4CC(CC(C4)C2)C3)n1. The van der Waals surface area contributed by atoms with Gasteiger partial charge in [0.15, 0.2) is 0 Å². The van der Waals surface area contributed by atoms with Crippen molar-refractivity contribution < 1.29 is 0 Å². The predicted octanol–water partition coefficient (Wildman–Crippen LogP) is 3.60. The van der Waals surface area contributed by atoms with Crippen LogP contribution >= 0.6 is 0 Å². The smallest absolute Gasteiger partial charge is 0.224 e. The average Bonchev–Trinajstić information content (AvgIpc) is 2.41. The lowest BCUT2D eigenvalue weighted by molar-refractivity contribution is 0.0105. The number of nitrogens with zero attached hydrogens (tertiary/aromatic N) is 2. The Labute approximate surface area is 127 Å². The number of anilines is 2. The van der Waals surface area contributed by atoms with Crippen molar-refractivity contribution in [2.24, 2.45) is 17.8 Å². The van der Waals surface area contributed by atoms with Gasteiger partial charge in [0, 0.05) is 23.8 Å². The summed E-state index contributed by atoms with van der Waals surface area (Å²) < 4.78 is 0. The van der Waals surface area contributed by atoms with Gasteiger partial charge in [0.1, 0.15) is 5.82 Å². The lowest BCUT2D eigenvalue weighted by atomic mass is 9.53. The van der Waals surface area contributed by atoms with E-state index in [9.17, 15) is 0 Å². The molecule has 21 heavy (non-hydrogen) atoms. The number of hydrogen-bond acceptors (Lipinski definition) is 4. The normalized spacial score (nSPS) is 36.8. The van der Waals surface area contributed by atoms with Gasteiger partial charge in [-0.15, -0.1) is 0 Å². The van der Waals surface area contributed by atoms with Crippen LogP contribution in [0.5, 0.6) is 0 Å². The quantitative estimate of drug-likeness (QED) is 0.888. The first-order valence-corrected chi connectivity index (χ1v) is 8.51. The Hall–Kier alpha value is -1.32. The number of rotatable bonds is 4. The highest BCUT2D eigenvalue weighted by molar-refractivity contribution is 5.49. The molecule has 4 bridgehead atoms. The monoisotopic (exact) mass is 286 g/mol. The van der Waals surface area contributed by atoms with E-state index >= 15 is 0 Å². The molecular formula is C17H26N4. The zero-order valence-electron chi connectivity index (χ0n) is 13.2. The van der Waals surface area contributed by atoms with E-state index in [-0.39, 0.29) is 0 Å². The first-order chi connectivity index (χ1) is 10.2. The van der Waals surface area contributed by atoms with E-state index in [0.717, 1.165) is 41.6 Å². The maximum Gasteiger partial charge on any atom is 0.224 e. The molecule has 5 rings (SSSR count). The Morgan fingerprint density at radius 1 is 1.14 bits per heavy atom. The zero-order valence-corrected chi connectivity index (χ0v) is 13.2. The van der Waals surface area contributed by atoms with Crippen molar-refractivity contribution in [3.63, 3.8) is 0 Å². The van der Waals surface area contributed by atoms with Crippen LogP contribution < -0.4 is 10.6 Å². The summed E-state index contributed by atoms with van der Waals surface area (Å²) in [5, 5.41) is 7.08. The molecule has 2 N–H and O–H groups in total. The molecule has 0 aliphatic heterocycles. The Morgan fingerprint density at radius 3 is 2.33 bits per heavy atom. The lowest BCUT2D eigenvalue weighted by Crippen LogP contribution is -2.55. The van der Waals surface area contributed by atoms with Crippen LogP contribution in [-0.4, -0.2) is 22.1 Å². The minimum Gasteiger partial charge on any atom is -0.364 e. The maximum atomic E-state index is 4.70. The second-order valence-electron chi connectivity index (χ2n) is 7.58. The van der Waals surface area contributed by atoms with Crippen LogP contribution in [0.2, 0.25) is 0 Å². The average molecular weight is 286 g/mol. The van der Waals surface area contributed by atoms with Gasteiger partial charge in [-0.2, -0.15) is 4.98 Å². The zero-order chi connectivity index (χ0) is 14.4. The molecule has 114 valence electrons. The fraction of sp³-hybridized carbons (Fsp3) is 0.765. The molecule has 0 saturated heterocycles. The molecule has 1 heterocycles. The van der Waals surface area contributed by atoms with Crippen molar-refractivity contribution in [1.82, 2.24) is 9.97 Å². The van der Waals surface area contributed by atoms with E-state index < -0.39 is 0 Å². The summed E-state index contributed by atoms with van der Waals surface area (Å²) in [5.74, 6) is 4.66. The highest BCUT2D eigenvalue weighted by atomic mass is 15.2. The van der Waals surface area contributed by atoms with E-state index in [2.05, 4.69) is 29.5 Å². The van der Waals surface area contributed by atoms with Crippen LogP contribution in [0.1, 0.15) is 51.0 Å². The molecule has 0 unspecified atom stereocenters. The molecule has 0 aromatic carbocycles. The van der Waals surface area contributed by atoms with Crippen molar-refractivity contribution in [3.8, 4) is 0 Å². The molecule has 0 radical (unpaired) electrons. The van der Waals surface area contributed by atoms with Crippen molar-refractivity contribution in [2.75, 3.05) is 17.2 Å². The summed E-state index contributed by atoms with van der Waals surface area (Å²) in [5.41, 5.74) is 1.48. The number of hydrogen-bond donors (Lipinski definition) is 2. The summed E-state index contributed by atoms with van der Waals surface area (Å²) >= 11 is 0. The summed E-state index contributed by atoms with van der Waals surface area (Å²) in [6, 6.07) is 0. The van der Waals surface area contributed by atoms with Crippen molar-refractivity contribution in [3.05, 3.63) is 11.8 Å². The van der Waals surface area contributed by atoms with E-state index in [1.165, 1.54) is 38.5 Å². The molecule has 0 amide bonds. The highest BCUT2D eigenvalue weighted by Gasteiger charge is 2.51. The molecule has 4 nitrogen and oxygen atoms in total. The van der Waals surface area contributed by atoms with Crippen LogP contribution in [0.3, 0.4) is 0 Å². The second kappa shape index (κ2) is 4.85. The van der Waals surface area contributed by atoms with Gasteiger partial charge in [0.25, 0.3) is 0 Å². The maximum absolute atomic E-state index is 4.70. The molecule has 0 spiro atoms. The third-order valence-electron chi connectivity index (χ3n) is 5.73.